The number of amides is 1. The molecule has 0 spiro atoms. The maximum absolute atomic E-state index is 11.0. The monoisotopic (exact) mass is 207 g/mol. The summed E-state index contributed by atoms with van der Waals surface area (Å²) in [5.74, 6) is 0.637. The van der Waals surface area contributed by atoms with Gasteiger partial charge >= 0.3 is 0 Å². The summed E-state index contributed by atoms with van der Waals surface area (Å²) in [6, 6.07) is 1.63. The Morgan fingerprint density at radius 3 is 3.00 bits per heavy atom. The van der Waals surface area contributed by atoms with Crippen molar-refractivity contribution in [3.05, 3.63) is 12.3 Å². The molecule has 1 aromatic rings. The highest BCUT2D eigenvalue weighted by Crippen LogP contribution is 2.20. The summed E-state index contributed by atoms with van der Waals surface area (Å²) < 4.78 is 0. The van der Waals surface area contributed by atoms with Crippen LogP contribution < -0.4 is 16.4 Å². The Labute approximate surface area is 87.3 Å². The average molecular weight is 207 g/mol. The van der Waals surface area contributed by atoms with E-state index >= 15 is 0 Å². The van der Waals surface area contributed by atoms with Crippen LogP contribution in [0.4, 0.5) is 11.8 Å². The molecular weight excluding hydrogens is 194 g/mol. The summed E-state index contributed by atoms with van der Waals surface area (Å²) in [6.45, 7) is 1.33. The standard InChI is InChI=1S/C9H13N5O/c10-7-1-3-12-9(13-7)14-4-2-6(5-14)8(11)15/h1,3,6H,2,4-5H2,(H2,11,15)(H2,10,12,13). The lowest BCUT2D eigenvalue weighted by Gasteiger charge is -2.15. The van der Waals surface area contributed by atoms with E-state index in [0.717, 1.165) is 13.0 Å². The molecule has 1 aliphatic heterocycles. The van der Waals surface area contributed by atoms with Crippen LogP contribution in [0.3, 0.4) is 0 Å². The van der Waals surface area contributed by atoms with E-state index in [1.165, 1.54) is 0 Å². The minimum atomic E-state index is -0.263. The second-order valence-electron chi connectivity index (χ2n) is 3.62. The first-order chi connectivity index (χ1) is 7.16. The van der Waals surface area contributed by atoms with Crippen LogP contribution in [0.5, 0.6) is 0 Å². The van der Waals surface area contributed by atoms with Gasteiger partial charge in [-0.1, -0.05) is 0 Å². The molecule has 15 heavy (non-hydrogen) atoms. The summed E-state index contributed by atoms with van der Waals surface area (Å²) in [4.78, 5) is 21.1. The first-order valence-electron chi connectivity index (χ1n) is 4.79. The molecular formula is C9H13N5O. The second kappa shape index (κ2) is 3.72. The van der Waals surface area contributed by atoms with Crippen LogP contribution in [0.1, 0.15) is 6.42 Å². The van der Waals surface area contributed by atoms with Crippen molar-refractivity contribution in [1.29, 1.82) is 0 Å². The van der Waals surface area contributed by atoms with Gasteiger partial charge in [0, 0.05) is 19.3 Å². The van der Waals surface area contributed by atoms with Gasteiger partial charge in [0.05, 0.1) is 5.92 Å². The predicted molar refractivity (Wildman–Crippen MR) is 56.0 cm³/mol. The molecule has 0 aromatic carbocycles. The Bertz CT molecular complexity index is 381. The highest BCUT2D eigenvalue weighted by molar-refractivity contribution is 5.78. The third-order valence-corrected chi connectivity index (χ3v) is 2.54. The van der Waals surface area contributed by atoms with Crippen molar-refractivity contribution < 1.29 is 4.79 Å². The van der Waals surface area contributed by atoms with Gasteiger partial charge in [-0.25, -0.2) is 4.98 Å². The van der Waals surface area contributed by atoms with Crippen LogP contribution in [-0.2, 0) is 4.79 Å². The smallest absolute Gasteiger partial charge is 0.227 e. The Kier molecular flexibility index (Phi) is 2.40. The van der Waals surface area contributed by atoms with Crippen molar-refractivity contribution in [3.8, 4) is 0 Å². The molecule has 1 atom stereocenters. The fraction of sp³-hybridized carbons (Fsp3) is 0.444. The molecule has 1 amide bonds. The van der Waals surface area contributed by atoms with Crippen molar-refractivity contribution in [3.63, 3.8) is 0 Å². The molecule has 1 fully saturated rings. The van der Waals surface area contributed by atoms with E-state index in [0.29, 0.717) is 18.3 Å². The maximum atomic E-state index is 11.0. The molecule has 0 radical (unpaired) electrons. The van der Waals surface area contributed by atoms with Crippen LogP contribution in [0.15, 0.2) is 12.3 Å². The number of carbonyl (C=O) groups excluding carboxylic acids is 1. The Morgan fingerprint density at radius 1 is 1.60 bits per heavy atom. The molecule has 0 aliphatic carbocycles. The molecule has 0 bridgehead atoms. The number of hydrogen-bond donors (Lipinski definition) is 2. The molecule has 80 valence electrons. The first-order valence-corrected chi connectivity index (χ1v) is 4.79. The number of nitrogen functional groups attached to an aromatic ring is 1. The van der Waals surface area contributed by atoms with Crippen LogP contribution in [0.2, 0.25) is 0 Å². The third-order valence-electron chi connectivity index (χ3n) is 2.54. The molecule has 1 aromatic heterocycles. The zero-order valence-electron chi connectivity index (χ0n) is 8.26. The lowest BCUT2D eigenvalue weighted by molar-refractivity contribution is -0.121. The van der Waals surface area contributed by atoms with E-state index in [-0.39, 0.29) is 11.8 Å². The Hall–Kier alpha value is -1.85. The van der Waals surface area contributed by atoms with Crippen LogP contribution in [0, 0.1) is 5.92 Å². The van der Waals surface area contributed by atoms with E-state index in [2.05, 4.69) is 9.97 Å². The quantitative estimate of drug-likeness (QED) is 0.672. The highest BCUT2D eigenvalue weighted by Gasteiger charge is 2.27. The first kappa shape index (κ1) is 9.70. The van der Waals surface area contributed by atoms with E-state index in [1.807, 2.05) is 4.90 Å². The van der Waals surface area contributed by atoms with Gasteiger partial charge in [0.1, 0.15) is 5.82 Å². The van der Waals surface area contributed by atoms with Crippen LogP contribution >= 0.6 is 0 Å². The van der Waals surface area contributed by atoms with Gasteiger partial charge in [0.2, 0.25) is 11.9 Å². The number of anilines is 2. The molecule has 0 saturated carbocycles. The van der Waals surface area contributed by atoms with Gasteiger partial charge in [0.25, 0.3) is 0 Å². The molecule has 4 N–H and O–H groups in total. The predicted octanol–water partition coefficient (Wildman–Crippen LogP) is -0.630. The van der Waals surface area contributed by atoms with Gasteiger partial charge in [-0.3, -0.25) is 4.79 Å². The Balaban J connectivity index is 2.11. The third kappa shape index (κ3) is 1.98. The second-order valence-corrected chi connectivity index (χ2v) is 3.62. The van der Waals surface area contributed by atoms with Crippen molar-refractivity contribution in [1.82, 2.24) is 9.97 Å². The zero-order chi connectivity index (χ0) is 10.8. The fourth-order valence-corrected chi connectivity index (χ4v) is 1.69. The zero-order valence-corrected chi connectivity index (χ0v) is 8.26. The Morgan fingerprint density at radius 2 is 2.40 bits per heavy atom. The molecule has 6 heteroatoms. The van der Waals surface area contributed by atoms with Gasteiger partial charge < -0.3 is 16.4 Å². The van der Waals surface area contributed by atoms with Gasteiger partial charge in [-0.2, -0.15) is 4.98 Å². The SMILES string of the molecule is NC(=O)C1CCN(c2nccc(N)n2)C1. The van der Waals surface area contributed by atoms with Crippen molar-refractivity contribution in [2.45, 2.75) is 6.42 Å². The minimum absolute atomic E-state index is 0.102. The van der Waals surface area contributed by atoms with Crippen molar-refractivity contribution in [2.24, 2.45) is 11.7 Å². The van der Waals surface area contributed by atoms with Gasteiger partial charge in [-0.15, -0.1) is 0 Å². The average Bonchev–Trinajstić information content (AvgIpc) is 2.66. The van der Waals surface area contributed by atoms with E-state index < -0.39 is 0 Å². The molecule has 1 unspecified atom stereocenters. The van der Waals surface area contributed by atoms with E-state index in [4.69, 9.17) is 11.5 Å². The number of aromatic nitrogens is 2. The van der Waals surface area contributed by atoms with Crippen LogP contribution in [-0.4, -0.2) is 29.0 Å². The number of rotatable bonds is 2. The highest BCUT2D eigenvalue weighted by atomic mass is 16.1. The topological polar surface area (TPSA) is 98.1 Å². The lowest BCUT2D eigenvalue weighted by Crippen LogP contribution is -2.28. The largest absolute Gasteiger partial charge is 0.384 e. The van der Waals surface area contributed by atoms with E-state index in [9.17, 15) is 4.79 Å². The summed E-state index contributed by atoms with van der Waals surface area (Å²) in [5.41, 5.74) is 10.8. The fourth-order valence-electron chi connectivity index (χ4n) is 1.69. The number of nitrogens with two attached hydrogens (primary N) is 2. The lowest BCUT2D eigenvalue weighted by atomic mass is 10.1. The summed E-state index contributed by atoms with van der Waals surface area (Å²) in [7, 11) is 0. The molecule has 2 rings (SSSR count). The summed E-state index contributed by atoms with van der Waals surface area (Å²) in [5, 5.41) is 0. The number of carbonyl (C=O) groups is 1. The number of primary amides is 1. The van der Waals surface area contributed by atoms with Crippen LogP contribution in [0.25, 0.3) is 0 Å². The minimum Gasteiger partial charge on any atom is -0.384 e. The summed E-state index contributed by atoms with van der Waals surface area (Å²) >= 11 is 0. The molecule has 1 saturated heterocycles. The normalized spacial score (nSPS) is 20.5. The summed E-state index contributed by atoms with van der Waals surface area (Å²) in [6.07, 6.45) is 2.36. The molecule has 2 heterocycles. The van der Waals surface area contributed by atoms with E-state index in [1.54, 1.807) is 12.3 Å². The maximum Gasteiger partial charge on any atom is 0.227 e. The van der Waals surface area contributed by atoms with Gasteiger partial charge in [-0.05, 0) is 12.5 Å². The molecule has 6 nitrogen and oxygen atoms in total. The van der Waals surface area contributed by atoms with Crippen molar-refractivity contribution in [2.75, 3.05) is 23.7 Å². The molecule has 1 aliphatic rings. The van der Waals surface area contributed by atoms with Crippen molar-refractivity contribution >= 4 is 17.7 Å². The number of hydrogen-bond acceptors (Lipinski definition) is 5. The number of nitrogens with zero attached hydrogens (tertiary/aromatic N) is 3. The van der Waals surface area contributed by atoms with Gasteiger partial charge in [0.15, 0.2) is 0 Å².